The molecule has 3 rings (SSSR count). The first-order chi connectivity index (χ1) is 12.5. The molecule has 0 spiro atoms. The van der Waals surface area contributed by atoms with Crippen LogP contribution in [0.15, 0.2) is 53.4 Å². The maximum Gasteiger partial charge on any atom is 0.293 e. The van der Waals surface area contributed by atoms with Gasteiger partial charge in [-0.25, -0.2) is 0 Å². The fourth-order valence-electron chi connectivity index (χ4n) is 2.59. The van der Waals surface area contributed by atoms with Crippen molar-refractivity contribution in [3.63, 3.8) is 0 Å². The number of non-ortho nitro benzene ring substituents is 1. The van der Waals surface area contributed by atoms with Crippen LogP contribution in [0.5, 0.6) is 0 Å². The molecule has 1 aliphatic rings. The number of rotatable bonds is 5. The van der Waals surface area contributed by atoms with Crippen LogP contribution in [0.1, 0.15) is 23.6 Å². The van der Waals surface area contributed by atoms with Gasteiger partial charge < -0.3 is 0 Å². The number of imide groups is 1. The van der Waals surface area contributed by atoms with E-state index in [9.17, 15) is 19.7 Å². The molecular formula is C19H16N2O4S. The summed E-state index contributed by atoms with van der Waals surface area (Å²) in [4.78, 5) is 36.6. The Morgan fingerprint density at radius 2 is 1.85 bits per heavy atom. The molecule has 0 aliphatic carbocycles. The molecule has 7 heteroatoms. The van der Waals surface area contributed by atoms with E-state index in [4.69, 9.17) is 0 Å². The minimum atomic E-state index is -0.503. The second-order valence-corrected chi connectivity index (χ2v) is 6.78. The number of hydrogen-bond acceptors (Lipinski definition) is 5. The number of nitrogens with zero attached hydrogens (tertiary/aromatic N) is 2. The largest absolute Gasteiger partial charge is 0.293 e. The zero-order valence-electron chi connectivity index (χ0n) is 14.0. The van der Waals surface area contributed by atoms with Gasteiger partial charge in [-0.05, 0) is 40.9 Å². The molecule has 0 saturated carbocycles. The summed E-state index contributed by atoms with van der Waals surface area (Å²) >= 11 is 0.881. The molecule has 0 radical (unpaired) electrons. The summed E-state index contributed by atoms with van der Waals surface area (Å²) < 4.78 is 0. The quantitative estimate of drug-likeness (QED) is 0.444. The third kappa shape index (κ3) is 3.83. The second-order valence-electron chi connectivity index (χ2n) is 5.79. The Labute approximate surface area is 154 Å². The van der Waals surface area contributed by atoms with E-state index >= 15 is 0 Å². The van der Waals surface area contributed by atoms with Gasteiger partial charge in [0.1, 0.15) is 0 Å². The van der Waals surface area contributed by atoms with E-state index in [0.29, 0.717) is 10.5 Å². The van der Waals surface area contributed by atoms with Gasteiger partial charge in [0.2, 0.25) is 0 Å². The lowest BCUT2D eigenvalue weighted by atomic mass is 10.1. The molecule has 26 heavy (non-hydrogen) atoms. The van der Waals surface area contributed by atoms with Crippen molar-refractivity contribution in [2.24, 2.45) is 0 Å². The number of nitro groups is 1. The van der Waals surface area contributed by atoms with Crippen molar-refractivity contribution in [2.75, 3.05) is 0 Å². The first-order valence-electron chi connectivity index (χ1n) is 8.05. The zero-order valence-corrected chi connectivity index (χ0v) is 14.9. The molecule has 2 aromatic rings. The van der Waals surface area contributed by atoms with E-state index in [-0.39, 0.29) is 23.4 Å². The van der Waals surface area contributed by atoms with Crippen LogP contribution in [0.25, 0.3) is 6.08 Å². The maximum atomic E-state index is 12.5. The van der Waals surface area contributed by atoms with Gasteiger partial charge in [0.25, 0.3) is 16.8 Å². The maximum absolute atomic E-state index is 12.5. The van der Waals surface area contributed by atoms with Crippen molar-refractivity contribution in [2.45, 2.75) is 19.9 Å². The number of benzene rings is 2. The number of nitro benzene ring substituents is 1. The van der Waals surface area contributed by atoms with Crippen LogP contribution in [0.3, 0.4) is 0 Å². The van der Waals surface area contributed by atoms with Crippen molar-refractivity contribution in [3.8, 4) is 0 Å². The van der Waals surface area contributed by atoms with Crippen LogP contribution in [-0.2, 0) is 17.8 Å². The highest BCUT2D eigenvalue weighted by atomic mass is 32.2. The van der Waals surface area contributed by atoms with Gasteiger partial charge in [-0.1, -0.05) is 43.3 Å². The van der Waals surface area contributed by atoms with Gasteiger partial charge in [-0.3, -0.25) is 24.6 Å². The molecule has 0 bridgehead atoms. The van der Waals surface area contributed by atoms with Gasteiger partial charge in [-0.2, -0.15) is 0 Å². The lowest BCUT2D eigenvalue weighted by Crippen LogP contribution is -2.27. The van der Waals surface area contributed by atoms with Crippen molar-refractivity contribution < 1.29 is 14.5 Å². The van der Waals surface area contributed by atoms with Crippen LogP contribution in [-0.4, -0.2) is 21.0 Å². The third-order valence-corrected chi connectivity index (χ3v) is 4.93. The van der Waals surface area contributed by atoms with E-state index in [0.717, 1.165) is 28.6 Å². The topological polar surface area (TPSA) is 80.5 Å². The molecule has 1 saturated heterocycles. The number of amides is 2. The fourth-order valence-corrected chi connectivity index (χ4v) is 3.43. The first-order valence-corrected chi connectivity index (χ1v) is 8.87. The molecule has 1 heterocycles. The third-order valence-electron chi connectivity index (χ3n) is 4.02. The molecule has 1 aliphatic heterocycles. The minimum absolute atomic E-state index is 0.0124. The average Bonchev–Trinajstić information content (AvgIpc) is 2.90. The van der Waals surface area contributed by atoms with Crippen LogP contribution in [0.2, 0.25) is 0 Å². The molecular weight excluding hydrogens is 352 g/mol. The Bertz CT molecular complexity index is 906. The van der Waals surface area contributed by atoms with Crippen LogP contribution in [0.4, 0.5) is 10.5 Å². The lowest BCUT2D eigenvalue weighted by Gasteiger charge is -2.12. The van der Waals surface area contributed by atoms with Gasteiger partial charge in [0, 0.05) is 12.1 Å². The molecule has 2 amide bonds. The molecule has 132 valence electrons. The minimum Gasteiger partial charge on any atom is -0.268 e. The van der Waals surface area contributed by atoms with Crippen molar-refractivity contribution in [1.29, 1.82) is 0 Å². The standard InChI is InChI=1S/C19H16N2O4S/c1-2-13-6-8-14(9-7-13)11-17-18(22)20(19(23)26-17)12-15-4-3-5-16(10-15)21(24)25/h3-11H,2,12H2,1H3/b17-11+. The number of aryl methyl sites for hydroxylation is 1. The van der Waals surface area contributed by atoms with Gasteiger partial charge in [0.15, 0.2) is 0 Å². The number of carbonyl (C=O) groups is 2. The van der Waals surface area contributed by atoms with Gasteiger partial charge >= 0.3 is 0 Å². The Morgan fingerprint density at radius 1 is 1.12 bits per heavy atom. The molecule has 2 aromatic carbocycles. The van der Waals surface area contributed by atoms with Crippen LogP contribution in [0, 0.1) is 10.1 Å². The average molecular weight is 368 g/mol. The number of thioether (sulfide) groups is 1. The fraction of sp³-hybridized carbons (Fsp3) is 0.158. The second kappa shape index (κ2) is 7.53. The molecule has 1 fully saturated rings. The lowest BCUT2D eigenvalue weighted by molar-refractivity contribution is -0.384. The highest BCUT2D eigenvalue weighted by Gasteiger charge is 2.35. The van der Waals surface area contributed by atoms with E-state index in [1.165, 1.54) is 23.8 Å². The molecule has 6 nitrogen and oxygen atoms in total. The number of hydrogen-bond donors (Lipinski definition) is 0. The first kappa shape index (κ1) is 17.9. The Kier molecular flexibility index (Phi) is 5.18. The van der Waals surface area contributed by atoms with Crippen LogP contribution < -0.4 is 0 Å². The van der Waals surface area contributed by atoms with E-state index in [1.807, 2.05) is 24.3 Å². The predicted octanol–water partition coefficient (Wildman–Crippen LogP) is 4.39. The normalized spacial score (nSPS) is 15.7. The SMILES string of the molecule is CCc1ccc(/C=C2/SC(=O)N(Cc3cccc([N+](=O)[O-])c3)C2=O)cc1. The van der Waals surface area contributed by atoms with E-state index in [2.05, 4.69) is 6.92 Å². The van der Waals surface area contributed by atoms with Crippen molar-refractivity contribution in [3.05, 3.63) is 80.2 Å². The molecule has 0 aromatic heterocycles. The summed E-state index contributed by atoms with van der Waals surface area (Å²) in [6, 6.07) is 13.7. The monoisotopic (exact) mass is 368 g/mol. The summed E-state index contributed by atoms with van der Waals surface area (Å²) in [5.41, 5.74) is 2.51. The van der Waals surface area contributed by atoms with Gasteiger partial charge in [0.05, 0.1) is 16.4 Å². The summed E-state index contributed by atoms with van der Waals surface area (Å²) in [5, 5.41) is 10.5. The van der Waals surface area contributed by atoms with E-state index in [1.54, 1.807) is 12.1 Å². The zero-order chi connectivity index (χ0) is 18.7. The molecule has 0 N–H and O–H groups in total. The highest BCUT2D eigenvalue weighted by Crippen LogP contribution is 2.33. The Morgan fingerprint density at radius 3 is 2.50 bits per heavy atom. The predicted molar refractivity (Wildman–Crippen MR) is 100 cm³/mol. The van der Waals surface area contributed by atoms with Gasteiger partial charge in [-0.15, -0.1) is 0 Å². The summed E-state index contributed by atoms with van der Waals surface area (Å²) in [7, 11) is 0. The smallest absolute Gasteiger partial charge is 0.268 e. The summed E-state index contributed by atoms with van der Waals surface area (Å²) in [5.74, 6) is -0.383. The van der Waals surface area contributed by atoms with Crippen molar-refractivity contribution >= 4 is 34.7 Å². The molecule has 0 atom stereocenters. The summed E-state index contributed by atoms with van der Waals surface area (Å²) in [6.45, 7) is 2.08. The van der Waals surface area contributed by atoms with Crippen LogP contribution >= 0.6 is 11.8 Å². The number of carbonyl (C=O) groups excluding carboxylic acids is 2. The summed E-state index contributed by atoms with van der Waals surface area (Å²) in [6.07, 6.45) is 2.62. The Balaban J connectivity index is 1.79. The van der Waals surface area contributed by atoms with Crippen molar-refractivity contribution in [1.82, 2.24) is 4.90 Å². The Hall–Kier alpha value is -2.93. The molecule has 0 unspecified atom stereocenters. The van der Waals surface area contributed by atoms with E-state index < -0.39 is 4.92 Å². The highest BCUT2D eigenvalue weighted by molar-refractivity contribution is 8.18.